The number of ether oxygens (including phenoxy) is 2. The standard InChI is InChI=1S/C32H33NO3/c1-5-35-31(34)22(2)30-29(24-16-18-26(19-17-24)36-25-14-10-7-11-15-25)28(23-12-8-6-9-13-23)27-20-32(3,4)21-33(27)30/h6-19,22H,5,20-21H2,1-4H3. The Hall–Kier alpha value is -3.79. The van der Waals surface area contributed by atoms with Gasteiger partial charge in [-0.1, -0.05) is 74.5 Å². The average molecular weight is 480 g/mol. The molecular formula is C32H33NO3. The molecule has 1 unspecified atom stereocenters. The van der Waals surface area contributed by atoms with Crippen molar-refractivity contribution in [2.45, 2.75) is 46.6 Å². The zero-order valence-corrected chi connectivity index (χ0v) is 21.5. The molecule has 3 aromatic carbocycles. The Bertz CT molecular complexity index is 1350. The molecule has 1 aliphatic rings. The van der Waals surface area contributed by atoms with Crippen LogP contribution in [0.15, 0.2) is 84.9 Å². The highest BCUT2D eigenvalue weighted by molar-refractivity contribution is 5.92. The third-order valence-corrected chi connectivity index (χ3v) is 6.88. The molecular weight excluding hydrogens is 446 g/mol. The van der Waals surface area contributed by atoms with E-state index in [1.165, 1.54) is 16.8 Å². The molecule has 0 fully saturated rings. The van der Waals surface area contributed by atoms with Crippen LogP contribution in [0.5, 0.6) is 11.5 Å². The van der Waals surface area contributed by atoms with E-state index < -0.39 is 0 Å². The van der Waals surface area contributed by atoms with Crippen molar-refractivity contribution < 1.29 is 14.3 Å². The minimum atomic E-state index is -0.384. The summed E-state index contributed by atoms with van der Waals surface area (Å²) in [7, 11) is 0. The Morgan fingerprint density at radius 2 is 1.44 bits per heavy atom. The lowest BCUT2D eigenvalue weighted by atomic mass is 9.85. The van der Waals surface area contributed by atoms with E-state index in [4.69, 9.17) is 9.47 Å². The van der Waals surface area contributed by atoms with Gasteiger partial charge in [-0.15, -0.1) is 0 Å². The second-order valence-corrected chi connectivity index (χ2v) is 10.3. The molecule has 0 amide bonds. The fourth-order valence-electron chi connectivity index (χ4n) is 5.34. The van der Waals surface area contributed by atoms with E-state index in [1.54, 1.807) is 0 Å². The summed E-state index contributed by atoms with van der Waals surface area (Å²) in [5.41, 5.74) is 7.00. The van der Waals surface area contributed by atoms with Crippen LogP contribution in [0, 0.1) is 5.41 Å². The van der Waals surface area contributed by atoms with Gasteiger partial charge in [-0.25, -0.2) is 0 Å². The number of hydrogen-bond acceptors (Lipinski definition) is 3. The number of fused-ring (bicyclic) bond motifs is 1. The van der Waals surface area contributed by atoms with Crippen molar-refractivity contribution in [1.82, 2.24) is 4.57 Å². The average Bonchev–Trinajstić information content (AvgIpc) is 3.35. The van der Waals surface area contributed by atoms with E-state index in [-0.39, 0.29) is 17.3 Å². The summed E-state index contributed by atoms with van der Waals surface area (Å²) < 4.78 is 13.9. The topological polar surface area (TPSA) is 40.5 Å². The fraction of sp³-hybridized carbons (Fsp3) is 0.281. The largest absolute Gasteiger partial charge is 0.465 e. The monoisotopic (exact) mass is 479 g/mol. The first-order valence-corrected chi connectivity index (χ1v) is 12.7. The first kappa shape index (κ1) is 23.9. The molecule has 4 nitrogen and oxygen atoms in total. The number of benzene rings is 3. The van der Waals surface area contributed by atoms with E-state index in [1.807, 2.05) is 62.4 Å². The molecule has 0 radical (unpaired) electrons. The van der Waals surface area contributed by atoms with Crippen LogP contribution in [0.4, 0.5) is 0 Å². The van der Waals surface area contributed by atoms with Gasteiger partial charge in [0.05, 0.1) is 12.5 Å². The fourth-order valence-corrected chi connectivity index (χ4v) is 5.34. The molecule has 0 saturated carbocycles. The minimum absolute atomic E-state index is 0.119. The lowest BCUT2D eigenvalue weighted by molar-refractivity contribution is -0.144. The Kier molecular flexibility index (Phi) is 6.44. The van der Waals surface area contributed by atoms with E-state index in [0.717, 1.165) is 41.3 Å². The highest BCUT2D eigenvalue weighted by Crippen LogP contribution is 2.49. The molecule has 0 bridgehead atoms. The number of hydrogen-bond donors (Lipinski definition) is 0. The molecule has 184 valence electrons. The van der Waals surface area contributed by atoms with Gasteiger partial charge in [-0.3, -0.25) is 4.79 Å². The molecule has 36 heavy (non-hydrogen) atoms. The van der Waals surface area contributed by atoms with Crippen LogP contribution >= 0.6 is 0 Å². The molecule has 1 atom stereocenters. The van der Waals surface area contributed by atoms with Crippen LogP contribution in [-0.4, -0.2) is 17.1 Å². The Balaban J connectivity index is 1.67. The van der Waals surface area contributed by atoms with Crippen LogP contribution in [-0.2, 0) is 22.5 Å². The molecule has 5 rings (SSSR count). The zero-order chi connectivity index (χ0) is 25.3. The maximum atomic E-state index is 13.0. The lowest BCUT2D eigenvalue weighted by Gasteiger charge is -2.21. The highest BCUT2D eigenvalue weighted by atomic mass is 16.5. The Morgan fingerprint density at radius 1 is 0.861 bits per heavy atom. The second-order valence-electron chi connectivity index (χ2n) is 10.3. The highest BCUT2D eigenvalue weighted by Gasteiger charge is 2.38. The smallest absolute Gasteiger partial charge is 0.314 e. The lowest BCUT2D eigenvalue weighted by Crippen LogP contribution is -2.19. The molecule has 4 aromatic rings. The minimum Gasteiger partial charge on any atom is -0.465 e. The molecule has 2 heterocycles. The van der Waals surface area contributed by atoms with Gasteiger partial charge in [-0.2, -0.15) is 0 Å². The Morgan fingerprint density at radius 3 is 2.08 bits per heavy atom. The maximum Gasteiger partial charge on any atom is 0.314 e. The summed E-state index contributed by atoms with van der Waals surface area (Å²) in [5.74, 6) is 1.01. The first-order valence-electron chi connectivity index (χ1n) is 12.7. The van der Waals surface area contributed by atoms with Crippen molar-refractivity contribution in [2.24, 2.45) is 5.41 Å². The van der Waals surface area contributed by atoms with Crippen molar-refractivity contribution in [3.05, 3.63) is 96.3 Å². The van der Waals surface area contributed by atoms with Gasteiger partial charge in [0.25, 0.3) is 0 Å². The summed E-state index contributed by atoms with van der Waals surface area (Å²) in [6.07, 6.45) is 0.953. The van der Waals surface area contributed by atoms with Gasteiger partial charge >= 0.3 is 5.97 Å². The van der Waals surface area contributed by atoms with Gasteiger partial charge in [0.2, 0.25) is 0 Å². The molecule has 4 heteroatoms. The Labute approximate surface area is 213 Å². The summed E-state index contributed by atoms with van der Waals surface area (Å²) >= 11 is 0. The van der Waals surface area contributed by atoms with Crippen molar-refractivity contribution in [1.29, 1.82) is 0 Å². The number of para-hydroxylation sites is 1. The van der Waals surface area contributed by atoms with Crippen molar-refractivity contribution >= 4 is 5.97 Å². The van der Waals surface area contributed by atoms with Crippen LogP contribution < -0.4 is 4.74 Å². The number of aromatic nitrogens is 1. The van der Waals surface area contributed by atoms with E-state index in [2.05, 4.69) is 54.8 Å². The van der Waals surface area contributed by atoms with E-state index in [9.17, 15) is 4.79 Å². The SMILES string of the molecule is CCOC(=O)C(C)c1c(-c2ccc(Oc3ccccc3)cc2)c(-c2ccccc2)c2n1CC(C)(C)C2. The van der Waals surface area contributed by atoms with Crippen LogP contribution in [0.25, 0.3) is 22.3 Å². The molecule has 0 saturated heterocycles. The maximum absolute atomic E-state index is 13.0. The normalized spacial score (nSPS) is 14.8. The summed E-state index contributed by atoms with van der Waals surface area (Å²) in [6.45, 7) is 9.66. The van der Waals surface area contributed by atoms with Gasteiger partial charge in [0.1, 0.15) is 11.5 Å². The predicted molar refractivity (Wildman–Crippen MR) is 144 cm³/mol. The molecule has 0 aliphatic carbocycles. The van der Waals surface area contributed by atoms with Crippen LogP contribution in [0.1, 0.15) is 45.0 Å². The predicted octanol–water partition coefficient (Wildman–Crippen LogP) is 7.86. The van der Waals surface area contributed by atoms with E-state index in [0.29, 0.717) is 6.61 Å². The van der Waals surface area contributed by atoms with Crippen molar-refractivity contribution in [3.8, 4) is 33.8 Å². The number of carbonyl (C=O) groups is 1. The van der Waals surface area contributed by atoms with Gasteiger partial charge in [0.15, 0.2) is 0 Å². The molecule has 0 N–H and O–H groups in total. The number of esters is 1. The van der Waals surface area contributed by atoms with Crippen LogP contribution in [0.3, 0.4) is 0 Å². The van der Waals surface area contributed by atoms with Gasteiger partial charge in [0, 0.05) is 29.1 Å². The summed E-state index contributed by atoms with van der Waals surface area (Å²) in [5, 5.41) is 0. The van der Waals surface area contributed by atoms with Crippen molar-refractivity contribution in [2.75, 3.05) is 6.61 Å². The van der Waals surface area contributed by atoms with E-state index >= 15 is 0 Å². The van der Waals surface area contributed by atoms with Gasteiger partial charge < -0.3 is 14.0 Å². The third-order valence-electron chi connectivity index (χ3n) is 6.88. The third kappa shape index (κ3) is 4.56. The quantitative estimate of drug-likeness (QED) is 0.253. The number of carbonyl (C=O) groups excluding carboxylic acids is 1. The summed E-state index contributed by atoms with van der Waals surface area (Å²) in [4.78, 5) is 13.0. The van der Waals surface area contributed by atoms with Crippen LogP contribution in [0.2, 0.25) is 0 Å². The molecule has 1 aliphatic heterocycles. The first-order chi connectivity index (χ1) is 17.4. The molecule has 1 aromatic heterocycles. The summed E-state index contributed by atoms with van der Waals surface area (Å²) in [6, 6.07) is 28.5. The number of nitrogens with zero attached hydrogens (tertiary/aromatic N) is 1. The zero-order valence-electron chi connectivity index (χ0n) is 21.5. The van der Waals surface area contributed by atoms with Crippen molar-refractivity contribution in [3.63, 3.8) is 0 Å². The molecule has 0 spiro atoms. The number of rotatable bonds is 7. The van der Waals surface area contributed by atoms with Gasteiger partial charge in [-0.05, 0) is 61.1 Å². The second kappa shape index (κ2) is 9.69.